The molecule has 17 heavy (non-hydrogen) atoms. The summed E-state index contributed by atoms with van der Waals surface area (Å²) in [5.74, 6) is 0. The number of aromatic nitrogens is 2. The van der Waals surface area contributed by atoms with Gasteiger partial charge in [0.15, 0.2) is 0 Å². The minimum atomic E-state index is -0.0414. The van der Waals surface area contributed by atoms with Crippen LogP contribution < -0.4 is 5.69 Å². The highest BCUT2D eigenvalue weighted by Crippen LogP contribution is 2.08. The van der Waals surface area contributed by atoms with E-state index in [2.05, 4.69) is 6.07 Å². The molecule has 0 aliphatic carbocycles. The van der Waals surface area contributed by atoms with Crippen LogP contribution in [0.15, 0.2) is 41.5 Å². The van der Waals surface area contributed by atoms with Gasteiger partial charge in [0, 0.05) is 18.9 Å². The van der Waals surface area contributed by atoms with E-state index in [0.29, 0.717) is 18.7 Å². The fourth-order valence-corrected chi connectivity index (χ4v) is 1.77. The lowest BCUT2D eigenvalue weighted by atomic mass is 10.1. The number of hydrogen-bond donors (Lipinski definition) is 0. The maximum absolute atomic E-state index is 11.8. The number of nitriles is 1. The molecular formula is C13H13N3O. The van der Waals surface area contributed by atoms with Crippen molar-refractivity contribution in [3.8, 4) is 6.07 Å². The lowest BCUT2D eigenvalue weighted by Crippen LogP contribution is -2.24. The number of rotatable bonds is 3. The highest BCUT2D eigenvalue weighted by Gasteiger charge is 2.05. The zero-order valence-corrected chi connectivity index (χ0v) is 9.63. The molecule has 0 bridgehead atoms. The number of benzene rings is 1. The topological polar surface area (TPSA) is 50.7 Å². The fourth-order valence-electron chi connectivity index (χ4n) is 1.77. The molecule has 0 atom stereocenters. The van der Waals surface area contributed by atoms with Gasteiger partial charge in [-0.2, -0.15) is 5.26 Å². The molecule has 0 amide bonds. The van der Waals surface area contributed by atoms with Crippen molar-refractivity contribution < 1.29 is 0 Å². The van der Waals surface area contributed by atoms with E-state index in [1.807, 2.05) is 25.1 Å². The summed E-state index contributed by atoms with van der Waals surface area (Å²) in [5.41, 5.74) is 1.44. The quantitative estimate of drug-likeness (QED) is 0.799. The van der Waals surface area contributed by atoms with Gasteiger partial charge in [-0.25, -0.2) is 4.79 Å². The number of nitrogens with zero attached hydrogens (tertiary/aromatic N) is 3. The molecule has 0 spiro atoms. The van der Waals surface area contributed by atoms with Gasteiger partial charge in [-0.05, 0) is 18.6 Å². The van der Waals surface area contributed by atoms with Gasteiger partial charge in [0.1, 0.15) is 0 Å². The highest BCUT2D eigenvalue weighted by molar-refractivity contribution is 5.37. The Morgan fingerprint density at radius 2 is 1.94 bits per heavy atom. The Morgan fingerprint density at radius 1 is 1.24 bits per heavy atom. The first-order valence-electron chi connectivity index (χ1n) is 5.50. The first kappa shape index (κ1) is 11.2. The highest BCUT2D eigenvalue weighted by atomic mass is 16.1. The molecule has 0 fully saturated rings. The summed E-state index contributed by atoms with van der Waals surface area (Å²) in [4.78, 5) is 11.8. The summed E-state index contributed by atoms with van der Waals surface area (Å²) in [7, 11) is 0. The Morgan fingerprint density at radius 3 is 2.59 bits per heavy atom. The van der Waals surface area contributed by atoms with Crippen LogP contribution in [-0.2, 0) is 13.1 Å². The van der Waals surface area contributed by atoms with Gasteiger partial charge in [0.25, 0.3) is 0 Å². The summed E-state index contributed by atoms with van der Waals surface area (Å²) >= 11 is 0. The van der Waals surface area contributed by atoms with Gasteiger partial charge in [-0.3, -0.25) is 9.13 Å². The average Bonchev–Trinajstić information content (AvgIpc) is 2.71. The second-order valence-corrected chi connectivity index (χ2v) is 3.76. The third-order valence-corrected chi connectivity index (χ3v) is 2.74. The lowest BCUT2D eigenvalue weighted by Gasteiger charge is -2.03. The van der Waals surface area contributed by atoms with E-state index in [1.54, 1.807) is 27.6 Å². The minimum absolute atomic E-state index is 0.0414. The second kappa shape index (κ2) is 4.71. The van der Waals surface area contributed by atoms with Gasteiger partial charge in [-0.1, -0.05) is 18.2 Å². The molecule has 1 aromatic carbocycles. The van der Waals surface area contributed by atoms with Crippen molar-refractivity contribution in [2.45, 2.75) is 20.0 Å². The number of aryl methyl sites for hydroxylation is 1. The smallest absolute Gasteiger partial charge is 0.300 e. The van der Waals surface area contributed by atoms with Crippen molar-refractivity contribution in [1.82, 2.24) is 9.13 Å². The van der Waals surface area contributed by atoms with E-state index in [-0.39, 0.29) is 5.69 Å². The summed E-state index contributed by atoms with van der Waals surface area (Å²) in [6.45, 7) is 3.02. The van der Waals surface area contributed by atoms with Crippen LogP contribution in [0.1, 0.15) is 18.1 Å². The Hall–Kier alpha value is -2.28. The summed E-state index contributed by atoms with van der Waals surface area (Å²) in [6.07, 6.45) is 3.51. The van der Waals surface area contributed by atoms with Crippen LogP contribution in [0, 0.1) is 11.3 Å². The second-order valence-electron chi connectivity index (χ2n) is 3.76. The van der Waals surface area contributed by atoms with E-state index in [4.69, 9.17) is 5.26 Å². The maximum atomic E-state index is 11.8. The van der Waals surface area contributed by atoms with E-state index in [1.165, 1.54) is 0 Å². The van der Waals surface area contributed by atoms with Crippen molar-refractivity contribution in [3.63, 3.8) is 0 Å². The summed E-state index contributed by atoms with van der Waals surface area (Å²) in [5, 5.41) is 8.97. The Kier molecular flexibility index (Phi) is 3.10. The predicted molar refractivity (Wildman–Crippen MR) is 64.6 cm³/mol. The van der Waals surface area contributed by atoms with Crippen LogP contribution in [-0.4, -0.2) is 9.13 Å². The zero-order valence-electron chi connectivity index (χ0n) is 9.63. The molecule has 1 aromatic heterocycles. The Bertz CT molecular complexity index is 616. The third kappa shape index (κ3) is 2.13. The summed E-state index contributed by atoms with van der Waals surface area (Å²) in [6, 6.07) is 9.46. The molecular weight excluding hydrogens is 214 g/mol. The van der Waals surface area contributed by atoms with Crippen molar-refractivity contribution >= 4 is 0 Å². The van der Waals surface area contributed by atoms with Gasteiger partial charge in [0.05, 0.1) is 18.2 Å². The molecule has 0 saturated carbocycles. The van der Waals surface area contributed by atoms with Crippen LogP contribution in [0.4, 0.5) is 0 Å². The minimum Gasteiger partial charge on any atom is -0.300 e. The summed E-state index contributed by atoms with van der Waals surface area (Å²) < 4.78 is 3.24. The Labute approximate surface area is 99.4 Å². The van der Waals surface area contributed by atoms with Crippen LogP contribution in [0.25, 0.3) is 0 Å². The molecule has 4 heteroatoms. The van der Waals surface area contributed by atoms with E-state index >= 15 is 0 Å². The Balaban J connectivity index is 2.36. The molecule has 4 nitrogen and oxygen atoms in total. The molecule has 0 aliphatic rings. The number of imidazole rings is 1. The van der Waals surface area contributed by atoms with Crippen LogP contribution in [0.2, 0.25) is 0 Å². The van der Waals surface area contributed by atoms with Gasteiger partial charge in [0.2, 0.25) is 0 Å². The van der Waals surface area contributed by atoms with Gasteiger partial charge in [-0.15, -0.1) is 0 Å². The van der Waals surface area contributed by atoms with E-state index < -0.39 is 0 Å². The van der Waals surface area contributed by atoms with Crippen molar-refractivity contribution in [3.05, 3.63) is 58.3 Å². The van der Waals surface area contributed by atoms with Crippen molar-refractivity contribution in [1.29, 1.82) is 5.26 Å². The van der Waals surface area contributed by atoms with Crippen molar-refractivity contribution in [2.24, 2.45) is 0 Å². The predicted octanol–water partition coefficient (Wildman–Crippen LogP) is 1.59. The molecule has 1 heterocycles. The van der Waals surface area contributed by atoms with Crippen molar-refractivity contribution in [2.75, 3.05) is 0 Å². The fraction of sp³-hybridized carbons (Fsp3) is 0.231. The van der Waals surface area contributed by atoms with Crippen LogP contribution >= 0.6 is 0 Å². The normalized spacial score (nSPS) is 10.1. The first-order chi connectivity index (χ1) is 8.26. The monoisotopic (exact) mass is 227 g/mol. The molecule has 2 aromatic rings. The number of hydrogen-bond acceptors (Lipinski definition) is 2. The largest absolute Gasteiger partial charge is 0.328 e. The molecule has 86 valence electrons. The van der Waals surface area contributed by atoms with E-state index in [9.17, 15) is 4.79 Å². The molecule has 0 unspecified atom stereocenters. The molecule has 2 rings (SSSR count). The molecule has 0 aliphatic heterocycles. The standard InChI is InChI=1S/C13H13N3O/c1-2-15-7-8-16(13(15)17)10-12-6-4-3-5-11(12)9-14/h3-8H,2,10H2,1H3. The SMILES string of the molecule is CCn1ccn(Cc2ccccc2C#N)c1=O. The lowest BCUT2D eigenvalue weighted by molar-refractivity contribution is 0.668. The molecule has 0 N–H and O–H groups in total. The zero-order chi connectivity index (χ0) is 12.3. The molecule has 0 saturated heterocycles. The average molecular weight is 227 g/mol. The maximum Gasteiger partial charge on any atom is 0.328 e. The van der Waals surface area contributed by atoms with Gasteiger partial charge >= 0.3 is 5.69 Å². The third-order valence-electron chi connectivity index (χ3n) is 2.74. The first-order valence-corrected chi connectivity index (χ1v) is 5.50. The van der Waals surface area contributed by atoms with Crippen LogP contribution in [0.3, 0.4) is 0 Å². The molecule has 0 radical (unpaired) electrons. The van der Waals surface area contributed by atoms with Crippen LogP contribution in [0.5, 0.6) is 0 Å². The van der Waals surface area contributed by atoms with Gasteiger partial charge < -0.3 is 0 Å². The van der Waals surface area contributed by atoms with E-state index in [0.717, 1.165) is 5.56 Å².